The quantitative estimate of drug-likeness (QED) is 0.746. The Bertz CT molecular complexity index is 213. The number of hydrogen-bond acceptors (Lipinski definition) is 2. The number of amides is 1. The first-order chi connectivity index (χ1) is 6.44. The summed E-state index contributed by atoms with van der Waals surface area (Å²) in [5.74, 6) is 0.188. The zero-order valence-corrected chi connectivity index (χ0v) is 9.42. The lowest BCUT2D eigenvalue weighted by molar-refractivity contribution is -0.132. The van der Waals surface area contributed by atoms with Crippen molar-refractivity contribution in [2.75, 3.05) is 13.1 Å². The minimum Gasteiger partial charge on any atom is -0.391 e. The summed E-state index contributed by atoms with van der Waals surface area (Å²) in [6.45, 7) is 7.57. The van der Waals surface area contributed by atoms with Crippen molar-refractivity contribution in [3.05, 3.63) is 0 Å². The Balaban J connectivity index is 2.43. The number of carbonyl (C=O) groups is 1. The van der Waals surface area contributed by atoms with Crippen molar-refractivity contribution < 1.29 is 9.90 Å². The Kier molecular flexibility index (Phi) is 3.53. The number of aliphatic hydroxyl groups excluding tert-OH is 1. The van der Waals surface area contributed by atoms with Crippen molar-refractivity contribution in [1.29, 1.82) is 0 Å². The summed E-state index contributed by atoms with van der Waals surface area (Å²) < 4.78 is 0. The number of hydrogen-bond donors (Lipinski definition) is 1. The van der Waals surface area contributed by atoms with Gasteiger partial charge in [0.05, 0.1) is 6.10 Å². The van der Waals surface area contributed by atoms with Gasteiger partial charge in [0.1, 0.15) is 0 Å². The van der Waals surface area contributed by atoms with Gasteiger partial charge in [0.25, 0.3) is 0 Å². The van der Waals surface area contributed by atoms with Gasteiger partial charge >= 0.3 is 0 Å². The lowest BCUT2D eigenvalue weighted by atomic mass is 9.86. The Morgan fingerprint density at radius 1 is 1.57 bits per heavy atom. The van der Waals surface area contributed by atoms with Gasteiger partial charge in [0, 0.05) is 19.5 Å². The summed E-state index contributed by atoms with van der Waals surface area (Å²) in [5.41, 5.74) is 0.0879. The van der Waals surface area contributed by atoms with Crippen molar-refractivity contribution in [3.8, 4) is 0 Å². The standard InChI is InChI=1S/C11H21NO2/c1-4-11(2,3)7-10(14)12-6-5-9(13)8-12/h9,13H,4-8H2,1-3H3. The molecule has 0 aromatic heterocycles. The third-order valence-electron chi connectivity index (χ3n) is 3.10. The molecule has 3 nitrogen and oxygen atoms in total. The van der Waals surface area contributed by atoms with Crippen LogP contribution in [0.3, 0.4) is 0 Å². The molecular weight excluding hydrogens is 178 g/mol. The van der Waals surface area contributed by atoms with E-state index in [4.69, 9.17) is 0 Å². The van der Waals surface area contributed by atoms with E-state index < -0.39 is 0 Å². The molecule has 3 heteroatoms. The average Bonchev–Trinajstić information content (AvgIpc) is 2.51. The van der Waals surface area contributed by atoms with Crippen LogP contribution in [0.2, 0.25) is 0 Å². The first-order valence-electron chi connectivity index (χ1n) is 5.40. The van der Waals surface area contributed by atoms with Crippen LogP contribution < -0.4 is 0 Å². The summed E-state index contributed by atoms with van der Waals surface area (Å²) in [6, 6.07) is 0. The van der Waals surface area contributed by atoms with Crippen LogP contribution in [0.1, 0.15) is 40.0 Å². The maximum absolute atomic E-state index is 11.8. The number of β-amino-alcohol motifs (C(OH)–C–C–N with tert-alkyl or cyclic N) is 1. The zero-order valence-electron chi connectivity index (χ0n) is 9.42. The van der Waals surface area contributed by atoms with Crippen LogP contribution in [0.25, 0.3) is 0 Å². The van der Waals surface area contributed by atoms with Gasteiger partial charge in [-0.15, -0.1) is 0 Å². The summed E-state index contributed by atoms with van der Waals surface area (Å²) >= 11 is 0. The van der Waals surface area contributed by atoms with E-state index in [0.29, 0.717) is 13.0 Å². The van der Waals surface area contributed by atoms with Gasteiger partial charge in [0.15, 0.2) is 0 Å². The Morgan fingerprint density at radius 2 is 2.21 bits per heavy atom. The Labute approximate surface area is 86.1 Å². The van der Waals surface area contributed by atoms with Crippen LogP contribution in [-0.4, -0.2) is 35.1 Å². The molecule has 0 saturated carbocycles. The third kappa shape index (κ3) is 2.98. The predicted octanol–water partition coefficient (Wildman–Crippen LogP) is 1.41. The molecule has 0 aromatic rings. The second-order valence-corrected chi connectivity index (χ2v) is 4.98. The first-order valence-corrected chi connectivity index (χ1v) is 5.40. The normalized spacial score (nSPS) is 22.9. The molecule has 1 aliphatic rings. The Hall–Kier alpha value is -0.570. The van der Waals surface area contributed by atoms with Crippen molar-refractivity contribution in [1.82, 2.24) is 4.90 Å². The number of carbonyl (C=O) groups excluding carboxylic acids is 1. The summed E-state index contributed by atoms with van der Waals surface area (Å²) in [7, 11) is 0. The molecule has 1 unspecified atom stereocenters. The van der Waals surface area contributed by atoms with Crippen LogP contribution in [0, 0.1) is 5.41 Å². The molecule has 1 fully saturated rings. The van der Waals surface area contributed by atoms with E-state index in [1.54, 1.807) is 4.90 Å². The van der Waals surface area contributed by atoms with Gasteiger partial charge in [-0.25, -0.2) is 0 Å². The van der Waals surface area contributed by atoms with E-state index in [9.17, 15) is 9.90 Å². The highest BCUT2D eigenvalue weighted by Crippen LogP contribution is 2.26. The van der Waals surface area contributed by atoms with E-state index in [1.165, 1.54) is 0 Å². The minimum atomic E-state index is -0.302. The van der Waals surface area contributed by atoms with Gasteiger partial charge in [-0.3, -0.25) is 4.79 Å². The fourth-order valence-corrected chi connectivity index (χ4v) is 1.61. The molecule has 82 valence electrons. The highest BCUT2D eigenvalue weighted by molar-refractivity contribution is 5.77. The van der Waals surface area contributed by atoms with Gasteiger partial charge in [0.2, 0.25) is 5.91 Å². The summed E-state index contributed by atoms with van der Waals surface area (Å²) in [6.07, 6.45) is 2.03. The number of likely N-dealkylation sites (tertiary alicyclic amines) is 1. The maximum atomic E-state index is 11.8. The van der Waals surface area contributed by atoms with E-state index in [0.717, 1.165) is 19.4 Å². The lowest BCUT2D eigenvalue weighted by Gasteiger charge is -2.25. The first kappa shape index (κ1) is 11.5. The molecule has 0 radical (unpaired) electrons. The molecule has 1 N–H and O–H groups in total. The summed E-state index contributed by atoms with van der Waals surface area (Å²) in [4.78, 5) is 13.6. The van der Waals surface area contributed by atoms with E-state index in [2.05, 4.69) is 20.8 Å². The van der Waals surface area contributed by atoms with Gasteiger partial charge < -0.3 is 10.0 Å². The molecule has 1 rings (SSSR count). The van der Waals surface area contributed by atoms with Crippen LogP contribution in [-0.2, 0) is 4.79 Å². The fraction of sp³-hybridized carbons (Fsp3) is 0.909. The number of nitrogens with zero attached hydrogens (tertiary/aromatic N) is 1. The van der Waals surface area contributed by atoms with Gasteiger partial charge in [-0.05, 0) is 11.8 Å². The van der Waals surface area contributed by atoms with Crippen LogP contribution in [0.4, 0.5) is 0 Å². The van der Waals surface area contributed by atoms with E-state index in [-0.39, 0.29) is 17.4 Å². The largest absolute Gasteiger partial charge is 0.391 e. The van der Waals surface area contributed by atoms with Crippen LogP contribution in [0.15, 0.2) is 0 Å². The molecule has 1 atom stereocenters. The second kappa shape index (κ2) is 4.30. The third-order valence-corrected chi connectivity index (χ3v) is 3.10. The van der Waals surface area contributed by atoms with Crippen LogP contribution >= 0.6 is 0 Å². The maximum Gasteiger partial charge on any atom is 0.223 e. The fourth-order valence-electron chi connectivity index (χ4n) is 1.61. The topological polar surface area (TPSA) is 40.5 Å². The van der Waals surface area contributed by atoms with Crippen molar-refractivity contribution >= 4 is 5.91 Å². The molecular formula is C11H21NO2. The second-order valence-electron chi connectivity index (χ2n) is 4.98. The van der Waals surface area contributed by atoms with Crippen molar-refractivity contribution in [2.45, 2.75) is 46.1 Å². The molecule has 1 heterocycles. The monoisotopic (exact) mass is 199 g/mol. The zero-order chi connectivity index (χ0) is 10.8. The Morgan fingerprint density at radius 3 is 2.64 bits per heavy atom. The SMILES string of the molecule is CCC(C)(C)CC(=O)N1CCC(O)C1. The van der Waals surface area contributed by atoms with Crippen molar-refractivity contribution in [3.63, 3.8) is 0 Å². The number of rotatable bonds is 3. The van der Waals surface area contributed by atoms with E-state index in [1.807, 2.05) is 0 Å². The predicted molar refractivity (Wildman–Crippen MR) is 55.9 cm³/mol. The average molecular weight is 199 g/mol. The molecule has 0 aromatic carbocycles. The lowest BCUT2D eigenvalue weighted by Crippen LogP contribution is -2.32. The highest BCUT2D eigenvalue weighted by atomic mass is 16.3. The van der Waals surface area contributed by atoms with Crippen LogP contribution in [0.5, 0.6) is 0 Å². The molecule has 1 amide bonds. The molecule has 0 spiro atoms. The molecule has 1 aliphatic heterocycles. The minimum absolute atomic E-state index is 0.0879. The molecule has 0 aliphatic carbocycles. The van der Waals surface area contributed by atoms with E-state index >= 15 is 0 Å². The highest BCUT2D eigenvalue weighted by Gasteiger charge is 2.28. The van der Waals surface area contributed by atoms with Crippen molar-refractivity contribution in [2.24, 2.45) is 5.41 Å². The smallest absolute Gasteiger partial charge is 0.223 e. The van der Waals surface area contributed by atoms with Gasteiger partial charge in [-0.2, -0.15) is 0 Å². The molecule has 1 saturated heterocycles. The molecule has 14 heavy (non-hydrogen) atoms. The number of aliphatic hydroxyl groups is 1. The molecule has 0 bridgehead atoms. The van der Waals surface area contributed by atoms with Gasteiger partial charge in [-0.1, -0.05) is 27.2 Å². The summed E-state index contributed by atoms with van der Waals surface area (Å²) in [5, 5.41) is 9.31.